The van der Waals surface area contributed by atoms with Crippen LogP contribution in [0.3, 0.4) is 0 Å². The third kappa shape index (κ3) is 4.68. The summed E-state index contributed by atoms with van der Waals surface area (Å²) in [6.45, 7) is 0. The highest BCUT2D eigenvalue weighted by Crippen LogP contribution is 2.46. The SMILES string of the molecule is [2H]c1c([2H])c(N(c2cccc(-c3cccc4c3oc3ccccc34)c2)c2cccc3oc4c5ccccc5ccc4c23)c([2H])c([2H])c1-c1cccc2ccccc12. The molecule has 0 fully saturated rings. The zero-order chi connectivity index (χ0) is 38.4. The van der Waals surface area contributed by atoms with Crippen LogP contribution in [0, 0.1) is 0 Å². The molecule has 0 aliphatic carbocycles. The molecule has 0 radical (unpaired) electrons. The number of rotatable bonds is 5. The van der Waals surface area contributed by atoms with Gasteiger partial charge in [0, 0.05) is 38.5 Å². The van der Waals surface area contributed by atoms with Crippen LogP contribution in [0.1, 0.15) is 5.48 Å². The molecule has 3 heteroatoms. The van der Waals surface area contributed by atoms with Gasteiger partial charge in [-0.15, -0.1) is 0 Å². The second kappa shape index (κ2) is 11.7. The number of benzene rings is 9. The molecule has 0 saturated carbocycles. The number of fused-ring (bicyclic) bond motifs is 9. The van der Waals surface area contributed by atoms with Crippen LogP contribution in [0.15, 0.2) is 197 Å². The summed E-state index contributed by atoms with van der Waals surface area (Å²) < 4.78 is 51.6. The molecule has 248 valence electrons. The molecular formula is C50H31NO2. The molecule has 2 aromatic heterocycles. The summed E-state index contributed by atoms with van der Waals surface area (Å²) in [5, 5.41) is 7.59. The fraction of sp³-hybridized carbons (Fsp3) is 0. The van der Waals surface area contributed by atoms with E-state index in [1.54, 1.807) is 0 Å². The molecule has 0 saturated heterocycles. The van der Waals surface area contributed by atoms with Crippen molar-refractivity contribution in [2.45, 2.75) is 0 Å². The molecule has 0 aliphatic heterocycles. The number of nitrogens with zero attached hydrogens (tertiary/aromatic N) is 1. The summed E-state index contributed by atoms with van der Waals surface area (Å²) in [5.74, 6) is 0. The Kier molecular flexibility index (Phi) is 5.71. The lowest BCUT2D eigenvalue weighted by atomic mass is 9.97. The highest BCUT2D eigenvalue weighted by Gasteiger charge is 2.21. The number of anilines is 3. The van der Waals surface area contributed by atoms with E-state index < -0.39 is 0 Å². The Labute approximate surface area is 311 Å². The van der Waals surface area contributed by atoms with Crippen molar-refractivity contribution in [3.8, 4) is 22.3 Å². The predicted octanol–water partition coefficient (Wildman–Crippen LogP) is 14.6. The lowest BCUT2D eigenvalue weighted by Crippen LogP contribution is -2.10. The van der Waals surface area contributed by atoms with Gasteiger partial charge in [0.2, 0.25) is 0 Å². The van der Waals surface area contributed by atoms with E-state index in [1.165, 1.54) is 0 Å². The van der Waals surface area contributed by atoms with Gasteiger partial charge in [-0.1, -0.05) is 139 Å². The van der Waals surface area contributed by atoms with E-state index in [1.807, 2.05) is 138 Å². The zero-order valence-electron chi connectivity index (χ0n) is 32.4. The Morgan fingerprint density at radius 1 is 0.396 bits per heavy atom. The first-order valence-electron chi connectivity index (χ1n) is 19.7. The Morgan fingerprint density at radius 3 is 1.92 bits per heavy atom. The standard InChI is InChI=1S/C50H31NO2/c1-3-16-38-32(11-1)13-8-19-39(38)34-25-28-36(29-26-34)51(45-22-10-24-47-48(45)44-30-27-33-12-2-4-17-40(33)50(44)53-47)37-15-7-14-35(31-37)41-20-9-21-43-42-18-5-6-23-46(42)52-49(41)43/h1-31H/i25D,26D,28D,29D. The lowest BCUT2D eigenvalue weighted by molar-refractivity contribution is 0.670. The van der Waals surface area contributed by atoms with Crippen molar-refractivity contribution in [2.24, 2.45) is 0 Å². The molecule has 3 nitrogen and oxygen atoms in total. The van der Waals surface area contributed by atoms with Gasteiger partial charge >= 0.3 is 0 Å². The largest absolute Gasteiger partial charge is 0.455 e. The second-order valence-electron chi connectivity index (χ2n) is 13.3. The Hall–Kier alpha value is -7.10. The molecule has 0 aliphatic rings. The van der Waals surface area contributed by atoms with Gasteiger partial charge in [-0.3, -0.25) is 0 Å². The zero-order valence-corrected chi connectivity index (χ0v) is 28.4. The van der Waals surface area contributed by atoms with Crippen molar-refractivity contribution in [2.75, 3.05) is 4.90 Å². The van der Waals surface area contributed by atoms with Gasteiger partial charge < -0.3 is 13.7 Å². The maximum absolute atomic E-state index is 9.72. The van der Waals surface area contributed by atoms with Gasteiger partial charge in [0.1, 0.15) is 22.3 Å². The molecule has 0 unspecified atom stereocenters. The van der Waals surface area contributed by atoms with Gasteiger partial charge in [-0.05, 0) is 81.3 Å². The summed E-state index contributed by atoms with van der Waals surface area (Å²) in [4.78, 5) is 1.86. The minimum Gasteiger partial charge on any atom is -0.455 e. The highest BCUT2D eigenvalue weighted by molar-refractivity contribution is 6.19. The summed E-state index contributed by atoms with van der Waals surface area (Å²) in [7, 11) is 0. The molecule has 0 amide bonds. The average Bonchev–Trinajstić information content (AvgIpc) is 3.84. The third-order valence-corrected chi connectivity index (χ3v) is 10.3. The monoisotopic (exact) mass is 681 g/mol. The van der Waals surface area contributed by atoms with Crippen molar-refractivity contribution in [3.63, 3.8) is 0 Å². The van der Waals surface area contributed by atoms with Crippen LogP contribution in [-0.4, -0.2) is 0 Å². The normalized spacial score (nSPS) is 12.8. The van der Waals surface area contributed by atoms with E-state index in [0.29, 0.717) is 22.5 Å². The number of hydrogen-bond donors (Lipinski definition) is 0. The molecule has 0 bridgehead atoms. The summed E-state index contributed by atoms with van der Waals surface area (Å²) in [5.41, 5.74) is 7.10. The third-order valence-electron chi connectivity index (χ3n) is 10.3. The van der Waals surface area contributed by atoms with E-state index in [0.717, 1.165) is 71.0 Å². The number of para-hydroxylation sites is 2. The van der Waals surface area contributed by atoms with Crippen molar-refractivity contribution >= 4 is 82.5 Å². The smallest absolute Gasteiger partial charge is 0.143 e. The molecule has 53 heavy (non-hydrogen) atoms. The summed E-state index contributed by atoms with van der Waals surface area (Å²) in [6, 6.07) is 53.2. The van der Waals surface area contributed by atoms with Gasteiger partial charge in [-0.2, -0.15) is 0 Å². The average molecular weight is 682 g/mol. The first-order valence-corrected chi connectivity index (χ1v) is 17.7. The van der Waals surface area contributed by atoms with Crippen LogP contribution in [-0.2, 0) is 0 Å². The van der Waals surface area contributed by atoms with Crippen LogP contribution in [0.4, 0.5) is 17.1 Å². The number of furan rings is 2. The lowest BCUT2D eigenvalue weighted by Gasteiger charge is -2.27. The molecular weight excluding hydrogens is 647 g/mol. The molecule has 0 N–H and O–H groups in total. The van der Waals surface area contributed by atoms with E-state index in [-0.39, 0.29) is 35.4 Å². The molecule has 9 aromatic carbocycles. The van der Waals surface area contributed by atoms with Crippen LogP contribution in [0.5, 0.6) is 0 Å². The first kappa shape index (κ1) is 25.8. The van der Waals surface area contributed by atoms with Crippen molar-refractivity contribution in [1.29, 1.82) is 0 Å². The second-order valence-corrected chi connectivity index (χ2v) is 13.3. The topological polar surface area (TPSA) is 29.5 Å². The van der Waals surface area contributed by atoms with E-state index in [4.69, 9.17) is 8.83 Å². The van der Waals surface area contributed by atoms with Crippen molar-refractivity contribution in [1.82, 2.24) is 0 Å². The minimum absolute atomic E-state index is 0.120. The maximum Gasteiger partial charge on any atom is 0.143 e. The van der Waals surface area contributed by atoms with Gasteiger partial charge in [0.15, 0.2) is 0 Å². The quantitative estimate of drug-likeness (QED) is 0.181. The van der Waals surface area contributed by atoms with Crippen LogP contribution in [0.2, 0.25) is 0 Å². The van der Waals surface area contributed by atoms with Crippen molar-refractivity contribution < 1.29 is 14.3 Å². The van der Waals surface area contributed by atoms with E-state index in [2.05, 4.69) is 30.3 Å². The van der Waals surface area contributed by atoms with Crippen LogP contribution < -0.4 is 4.90 Å². The molecule has 0 spiro atoms. The predicted molar refractivity (Wildman–Crippen MR) is 222 cm³/mol. The molecule has 11 aromatic rings. The van der Waals surface area contributed by atoms with Gasteiger partial charge in [0.05, 0.1) is 16.6 Å². The Balaban J connectivity index is 1.20. The molecule has 0 atom stereocenters. The fourth-order valence-electron chi connectivity index (χ4n) is 7.89. The van der Waals surface area contributed by atoms with E-state index in [9.17, 15) is 5.48 Å². The molecule has 2 heterocycles. The van der Waals surface area contributed by atoms with Crippen molar-refractivity contribution in [3.05, 3.63) is 188 Å². The summed E-state index contributed by atoms with van der Waals surface area (Å²) in [6.07, 6.45) is 0. The molecule has 11 rings (SSSR count). The van der Waals surface area contributed by atoms with Gasteiger partial charge in [0.25, 0.3) is 0 Å². The van der Waals surface area contributed by atoms with Crippen LogP contribution in [0.25, 0.3) is 87.7 Å². The fourth-order valence-corrected chi connectivity index (χ4v) is 7.89. The van der Waals surface area contributed by atoms with Gasteiger partial charge in [-0.25, -0.2) is 0 Å². The minimum atomic E-state index is -0.154. The Morgan fingerprint density at radius 2 is 1.04 bits per heavy atom. The number of hydrogen-bond acceptors (Lipinski definition) is 3. The summed E-state index contributed by atoms with van der Waals surface area (Å²) >= 11 is 0. The van der Waals surface area contributed by atoms with E-state index >= 15 is 0 Å². The Bertz CT molecular complexity index is 3400. The highest BCUT2D eigenvalue weighted by atomic mass is 16.3. The maximum atomic E-state index is 9.72. The van der Waals surface area contributed by atoms with Crippen LogP contribution >= 0.6 is 0 Å². The first-order chi connectivity index (χ1) is 28.0.